The molecule has 0 saturated carbocycles. The molecule has 0 bridgehead atoms. The van der Waals surface area contributed by atoms with Gasteiger partial charge in [0.25, 0.3) is 0 Å². The van der Waals surface area contributed by atoms with Crippen molar-refractivity contribution in [1.29, 1.82) is 0 Å². The summed E-state index contributed by atoms with van der Waals surface area (Å²) in [7, 11) is 0. The van der Waals surface area contributed by atoms with Gasteiger partial charge >= 0.3 is 11.9 Å². The number of carbonyl (C=O) groups is 2. The monoisotopic (exact) mass is 372 g/mol. The number of halogens is 1. The van der Waals surface area contributed by atoms with Gasteiger partial charge in [0, 0.05) is 10.6 Å². The van der Waals surface area contributed by atoms with Crippen LogP contribution in [0.25, 0.3) is 0 Å². The predicted molar refractivity (Wildman–Crippen MR) is 99.8 cm³/mol. The molecule has 2 aromatic rings. The van der Waals surface area contributed by atoms with Crippen molar-refractivity contribution >= 4 is 23.5 Å². The maximum absolute atomic E-state index is 12.5. The molecular weight excluding hydrogens is 352 g/mol. The first-order chi connectivity index (χ1) is 12.6. The van der Waals surface area contributed by atoms with Crippen LogP contribution in [0.2, 0.25) is 5.02 Å². The summed E-state index contributed by atoms with van der Waals surface area (Å²) in [6, 6.07) is 10.5. The van der Waals surface area contributed by atoms with E-state index in [1.165, 1.54) is 11.1 Å². The topological polar surface area (TPSA) is 52.6 Å². The molecule has 0 heterocycles. The van der Waals surface area contributed by atoms with Crippen LogP contribution in [-0.2, 0) is 28.8 Å². The Kier molecular flexibility index (Phi) is 5.94. The van der Waals surface area contributed by atoms with Crippen molar-refractivity contribution < 1.29 is 19.1 Å². The summed E-state index contributed by atoms with van der Waals surface area (Å²) in [4.78, 5) is 24.5. The maximum atomic E-state index is 12.5. The van der Waals surface area contributed by atoms with Crippen LogP contribution in [0, 0.1) is 0 Å². The van der Waals surface area contributed by atoms with Crippen molar-refractivity contribution in [2.75, 3.05) is 6.61 Å². The first kappa shape index (κ1) is 18.5. The van der Waals surface area contributed by atoms with Crippen LogP contribution in [0.4, 0.5) is 0 Å². The van der Waals surface area contributed by atoms with Crippen molar-refractivity contribution in [3.63, 3.8) is 0 Å². The fourth-order valence-corrected chi connectivity index (χ4v) is 3.38. The van der Waals surface area contributed by atoms with Gasteiger partial charge in [-0.25, -0.2) is 4.79 Å². The minimum absolute atomic E-state index is 0.0826. The van der Waals surface area contributed by atoms with Gasteiger partial charge in [-0.3, -0.25) is 4.79 Å². The van der Waals surface area contributed by atoms with Gasteiger partial charge in [-0.1, -0.05) is 23.7 Å². The van der Waals surface area contributed by atoms with Gasteiger partial charge in [0.15, 0.2) is 0 Å². The molecule has 0 atom stereocenters. The van der Waals surface area contributed by atoms with E-state index in [2.05, 4.69) is 0 Å². The molecule has 136 valence electrons. The second-order valence-electron chi connectivity index (χ2n) is 6.32. The number of hydrogen-bond acceptors (Lipinski definition) is 4. The average Bonchev–Trinajstić information content (AvgIpc) is 2.62. The largest absolute Gasteiger partial charge is 0.466 e. The lowest BCUT2D eigenvalue weighted by molar-refractivity contribution is -0.142. The second-order valence-corrected chi connectivity index (χ2v) is 6.75. The molecule has 0 radical (unpaired) electrons. The number of fused-ring (bicyclic) bond motifs is 1. The van der Waals surface area contributed by atoms with Crippen LogP contribution in [0.1, 0.15) is 46.8 Å². The normalized spacial score (nSPS) is 13.0. The van der Waals surface area contributed by atoms with Crippen LogP contribution in [0.3, 0.4) is 0 Å². The van der Waals surface area contributed by atoms with E-state index in [-0.39, 0.29) is 12.4 Å². The molecule has 5 heteroatoms. The third-order valence-corrected chi connectivity index (χ3v) is 4.66. The molecule has 26 heavy (non-hydrogen) atoms. The smallest absolute Gasteiger partial charge is 0.343 e. The minimum Gasteiger partial charge on any atom is -0.466 e. The Hall–Kier alpha value is -2.33. The van der Waals surface area contributed by atoms with Crippen LogP contribution in [0.5, 0.6) is 5.75 Å². The third-order valence-electron chi connectivity index (χ3n) is 4.43. The number of carbonyl (C=O) groups excluding carboxylic acids is 2. The van der Waals surface area contributed by atoms with Crippen molar-refractivity contribution in [2.24, 2.45) is 0 Å². The van der Waals surface area contributed by atoms with Crippen LogP contribution >= 0.6 is 11.6 Å². The Labute approximate surface area is 158 Å². The molecule has 1 aliphatic carbocycles. The number of rotatable bonds is 5. The van der Waals surface area contributed by atoms with E-state index in [4.69, 9.17) is 21.1 Å². The summed E-state index contributed by atoms with van der Waals surface area (Å²) >= 11 is 5.95. The van der Waals surface area contributed by atoms with Crippen molar-refractivity contribution in [2.45, 2.75) is 39.0 Å². The highest BCUT2D eigenvalue weighted by molar-refractivity contribution is 6.30. The molecule has 2 aromatic carbocycles. The molecule has 0 unspecified atom stereocenters. The Balaban J connectivity index is 1.90. The second kappa shape index (κ2) is 8.37. The quantitative estimate of drug-likeness (QED) is 0.571. The zero-order valence-corrected chi connectivity index (χ0v) is 15.5. The fraction of sp³-hybridized carbons (Fsp3) is 0.333. The highest BCUT2D eigenvalue weighted by Gasteiger charge is 2.19. The van der Waals surface area contributed by atoms with E-state index in [9.17, 15) is 9.59 Å². The summed E-state index contributed by atoms with van der Waals surface area (Å²) in [5.41, 5.74) is 3.45. The Morgan fingerprint density at radius 2 is 1.81 bits per heavy atom. The van der Waals surface area contributed by atoms with E-state index in [1.807, 2.05) is 12.1 Å². The summed E-state index contributed by atoms with van der Waals surface area (Å²) in [5.74, 6) is -0.402. The number of aryl methyl sites for hydroxylation is 2. The van der Waals surface area contributed by atoms with Gasteiger partial charge in [0.2, 0.25) is 0 Å². The molecule has 3 rings (SSSR count). The Morgan fingerprint density at radius 3 is 2.50 bits per heavy atom. The van der Waals surface area contributed by atoms with Crippen molar-refractivity contribution in [3.8, 4) is 5.75 Å². The zero-order valence-electron chi connectivity index (χ0n) is 14.7. The first-order valence-electron chi connectivity index (χ1n) is 8.85. The number of ether oxygens (including phenoxy) is 2. The zero-order chi connectivity index (χ0) is 18.5. The standard InChI is InChI=1S/C21H21ClO4/c1-2-25-20(23)13-17-10-14-6-3-4-7-15(14)12-19(17)26-21(24)16-8-5-9-18(22)11-16/h5,8-12H,2-4,6-7,13H2,1H3. The molecular formula is C21H21ClO4. The van der Waals surface area contributed by atoms with Crippen LogP contribution in [0.15, 0.2) is 36.4 Å². The minimum atomic E-state index is -0.492. The highest BCUT2D eigenvalue weighted by atomic mass is 35.5. The molecule has 0 amide bonds. The van der Waals surface area contributed by atoms with Gasteiger partial charge < -0.3 is 9.47 Å². The lowest BCUT2D eigenvalue weighted by Crippen LogP contribution is -2.14. The third kappa shape index (κ3) is 4.44. The van der Waals surface area contributed by atoms with Crippen LogP contribution in [-0.4, -0.2) is 18.5 Å². The number of esters is 2. The van der Waals surface area contributed by atoms with Gasteiger partial charge in [0.05, 0.1) is 18.6 Å². The predicted octanol–water partition coefficient (Wildman–Crippen LogP) is 4.54. The molecule has 1 aliphatic rings. The molecule has 0 aliphatic heterocycles. The lowest BCUT2D eigenvalue weighted by Gasteiger charge is -2.19. The molecule has 0 fully saturated rings. The fourth-order valence-electron chi connectivity index (χ4n) is 3.19. The Morgan fingerprint density at radius 1 is 1.08 bits per heavy atom. The summed E-state index contributed by atoms with van der Waals surface area (Å²) in [6.07, 6.45) is 4.27. The van der Waals surface area contributed by atoms with Crippen molar-refractivity contribution in [1.82, 2.24) is 0 Å². The van der Waals surface area contributed by atoms with Gasteiger partial charge in [-0.05, 0) is 68.0 Å². The average molecular weight is 373 g/mol. The lowest BCUT2D eigenvalue weighted by atomic mass is 9.89. The van der Waals surface area contributed by atoms with E-state index >= 15 is 0 Å². The van der Waals surface area contributed by atoms with Gasteiger partial charge in [-0.15, -0.1) is 0 Å². The summed E-state index contributed by atoms with van der Waals surface area (Å²) in [6.45, 7) is 2.09. The summed E-state index contributed by atoms with van der Waals surface area (Å²) in [5, 5.41) is 0.469. The molecule has 4 nitrogen and oxygen atoms in total. The molecule has 0 spiro atoms. The molecule has 0 N–H and O–H groups in total. The molecule has 0 saturated heterocycles. The van der Waals surface area contributed by atoms with Crippen LogP contribution < -0.4 is 4.74 Å². The molecule has 0 aromatic heterocycles. The highest BCUT2D eigenvalue weighted by Crippen LogP contribution is 2.30. The maximum Gasteiger partial charge on any atom is 0.343 e. The van der Waals surface area contributed by atoms with E-state index in [1.54, 1.807) is 31.2 Å². The summed E-state index contributed by atoms with van der Waals surface area (Å²) < 4.78 is 10.7. The van der Waals surface area contributed by atoms with Gasteiger partial charge in [-0.2, -0.15) is 0 Å². The van der Waals surface area contributed by atoms with E-state index < -0.39 is 5.97 Å². The van der Waals surface area contributed by atoms with Crippen molar-refractivity contribution in [3.05, 3.63) is 63.7 Å². The SMILES string of the molecule is CCOC(=O)Cc1cc2c(cc1OC(=O)c1cccc(Cl)c1)CCCC2. The Bertz CT molecular complexity index is 829. The number of hydrogen-bond donors (Lipinski definition) is 0. The van der Waals surface area contributed by atoms with E-state index in [0.29, 0.717) is 28.5 Å². The number of benzene rings is 2. The van der Waals surface area contributed by atoms with E-state index in [0.717, 1.165) is 25.7 Å². The van der Waals surface area contributed by atoms with Gasteiger partial charge in [0.1, 0.15) is 5.75 Å². The first-order valence-corrected chi connectivity index (χ1v) is 9.22.